The van der Waals surface area contributed by atoms with E-state index in [-0.39, 0.29) is 24.9 Å². The van der Waals surface area contributed by atoms with Crippen molar-refractivity contribution in [3.63, 3.8) is 0 Å². The van der Waals surface area contributed by atoms with E-state index in [0.717, 1.165) is 0 Å². The van der Waals surface area contributed by atoms with Crippen LogP contribution < -0.4 is 21.1 Å². The van der Waals surface area contributed by atoms with Crippen molar-refractivity contribution in [2.75, 3.05) is 29.6 Å². The van der Waals surface area contributed by atoms with Crippen molar-refractivity contribution in [1.29, 1.82) is 0 Å². The van der Waals surface area contributed by atoms with Gasteiger partial charge in [-0.05, 0) is 74.7 Å². The molecule has 3 rings (SSSR count). The molecule has 3 aromatic carbocycles. The highest BCUT2D eigenvalue weighted by atomic mass is 16.6. The maximum absolute atomic E-state index is 12.8. The van der Waals surface area contributed by atoms with Gasteiger partial charge in [-0.25, -0.2) is 4.79 Å². The van der Waals surface area contributed by atoms with E-state index in [1.165, 1.54) is 13.0 Å². The van der Waals surface area contributed by atoms with Gasteiger partial charge in [0.2, 0.25) is 5.91 Å². The predicted molar refractivity (Wildman–Crippen MR) is 151 cm³/mol. The Morgan fingerprint density at radius 1 is 0.974 bits per heavy atom. The minimum atomic E-state index is -0.664. The van der Waals surface area contributed by atoms with E-state index in [0.29, 0.717) is 53.2 Å². The van der Waals surface area contributed by atoms with Crippen LogP contribution in [0.5, 0.6) is 5.75 Å². The molecule has 5 N–H and O–H groups in total. The summed E-state index contributed by atoms with van der Waals surface area (Å²) in [4.78, 5) is 36.5. The topological polar surface area (TPSA) is 140 Å². The molecule has 39 heavy (non-hydrogen) atoms. The minimum Gasteiger partial charge on any atom is -0.491 e. The fraction of sp³-hybridized carbons (Fsp3) is 0.233. The monoisotopic (exact) mass is 531 g/mol. The zero-order valence-electron chi connectivity index (χ0n) is 21.8. The number of nitrogen functional groups attached to an aromatic ring is 1. The third-order valence-corrected chi connectivity index (χ3v) is 5.73. The van der Waals surface area contributed by atoms with Gasteiger partial charge in [-0.15, -0.1) is 0 Å². The molecule has 0 radical (unpaired) electrons. The third-order valence-electron chi connectivity index (χ3n) is 5.73. The zero-order valence-corrected chi connectivity index (χ0v) is 21.8. The summed E-state index contributed by atoms with van der Waals surface area (Å²) in [7, 11) is 0. The first-order valence-corrected chi connectivity index (χ1v) is 12.6. The van der Waals surface area contributed by atoms with Crippen LogP contribution in [0.3, 0.4) is 0 Å². The number of ether oxygens (including phenoxy) is 2. The lowest BCUT2D eigenvalue weighted by atomic mass is 10.0. The van der Waals surface area contributed by atoms with E-state index < -0.39 is 12.2 Å². The molecule has 204 valence electrons. The van der Waals surface area contributed by atoms with Gasteiger partial charge in [0.15, 0.2) is 5.78 Å². The number of aliphatic hydroxyl groups excluding tert-OH is 1. The molecule has 1 atom stereocenters. The van der Waals surface area contributed by atoms with Gasteiger partial charge < -0.3 is 25.6 Å². The minimum absolute atomic E-state index is 0.0700. The lowest BCUT2D eigenvalue weighted by Gasteiger charge is -2.21. The molecule has 0 saturated carbocycles. The van der Waals surface area contributed by atoms with Gasteiger partial charge in [0, 0.05) is 16.8 Å². The highest BCUT2D eigenvalue weighted by molar-refractivity contribution is 6.01. The highest BCUT2D eigenvalue weighted by Crippen LogP contribution is 2.32. The summed E-state index contributed by atoms with van der Waals surface area (Å²) >= 11 is 0. The molecule has 0 unspecified atom stereocenters. The van der Waals surface area contributed by atoms with Gasteiger partial charge in [-0.1, -0.05) is 36.4 Å². The number of carbonyl (C=O) groups excluding carboxylic acids is 3. The first-order chi connectivity index (χ1) is 18.9. The summed E-state index contributed by atoms with van der Waals surface area (Å²) in [6.45, 7) is 1.42. The second kappa shape index (κ2) is 14.9. The van der Waals surface area contributed by atoms with Crippen LogP contribution in [0.1, 0.15) is 48.2 Å². The molecule has 0 aliphatic heterocycles. The number of amides is 2. The molecular formula is C30H33N3O6. The van der Waals surface area contributed by atoms with Crippen molar-refractivity contribution in [2.45, 2.75) is 32.3 Å². The van der Waals surface area contributed by atoms with Crippen LogP contribution >= 0.6 is 0 Å². The number of hydrogen-bond acceptors (Lipinski definition) is 7. The molecule has 0 saturated heterocycles. The lowest BCUT2D eigenvalue weighted by molar-refractivity contribution is -0.111. The van der Waals surface area contributed by atoms with Crippen molar-refractivity contribution in [1.82, 2.24) is 0 Å². The van der Waals surface area contributed by atoms with Gasteiger partial charge >= 0.3 is 6.09 Å². The number of nitrogens with two attached hydrogens (primary N) is 1. The summed E-state index contributed by atoms with van der Waals surface area (Å²) in [5, 5.41) is 14.6. The number of aliphatic hydroxyl groups is 1. The average molecular weight is 532 g/mol. The number of Topliss-reactive ketones (excluding diaryl/α,β-unsaturated/α-hetero) is 1. The Morgan fingerprint density at radius 2 is 1.69 bits per heavy atom. The number of rotatable bonds is 13. The lowest BCUT2D eigenvalue weighted by Crippen LogP contribution is -2.18. The van der Waals surface area contributed by atoms with Crippen LogP contribution in [-0.4, -0.2) is 36.1 Å². The molecule has 0 spiro atoms. The average Bonchev–Trinajstić information content (AvgIpc) is 2.93. The van der Waals surface area contributed by atoms with Crippen LogP contribution in [0.2, 0.25) is 0 Å². The fourth-order valence-corrected chi connectivity index (χ4v) is 3.77. The number of ketones is 1. The SMILES string of the molecule is CC(=O)c1ccc(NC(=O)O[C@@H](CCC/C=C/C(=O)Nc2ccccc2N)c2ccccc2OCCO)cc1. The van der Waals surface area contributed by atoms with Crippen LogP contribution in [-0.2, 0) is 9.53 Å². The van der Waals surface area contributed by atoms with Crippen molar-refractivity contribution >= 4 is 34.8 Å². The van der Waals surface area contributed by atoms with Crippen LogP contribution in [0, 0.1) is 0 Å². The fourth-order valence-electron chi connectivity index (χ4n) is 3.77. The quantitative estimate of drug-likeness (QED) is 0.0988. The summed E-state index contributed by atoms with van der Waals surface area (Å²) in [5.41, 5.74) is 8.57. The molecular weight excluding hydrogens is 498 g/mol. The van der Waals surface area contributed by atoms with Gasteiger partial charge in [0.1, 0.15) is 18.5 Å². The summed E-state index contributed by atoms with van der Waals surface area (Å²) < 4.78 is 11.4. The summed E-state index contributed by atoms with van der Waals surface area (Å²) in [5.74, 6) is 0.142. The second-order valence-electron chi connectivity index (χ2n) is 8.67. The Bertz CT molecular complexity index is 1290. The Morgan fingerprint density at radius 3 is 2.41 bits per heavy atom. The molecule has 9 nitrogen and oxygen atoms in total. The maximum Gasteiger partial charge on any atom is 0.412 e. The summed E-state index contributed by atoms with van der Waals surface area (Å²) in [6.07, 6.45) is 3.50. The number of unbranched alkanes of at least 4 members (excludes halogenated alkanes) is 1. The maximum atomic E-state index is 12.8. The van der Waals surface area contributed by atoms with Crippen molar-refractivity contribution in [2.24, 2.45) is 0 Å². The smallest absolute Gasteiger partial charge is 0.412 e. The van der Waals surface area contributed by atoms with Gasteiger partial charge in [-0.3, -0.25) is 14.9 Å². The van der Waals surface area contributed by atoms with E-state index in [4.69, 9.17) is 15.2 Å². The van der Waals surface area contributed by atoms with Crippen LogP contribution in [0.15, 0.2) is 84.9 Å². The van der Waals surface area contributed by atoms with Crippen molar-refractivity contribution in [3.8, 4) is 5.75 Å². The second-order valence-corrected chi connectivity index (χ2v) is 8.67. The van der Waals surface area contributed by atoms with Crippen molar-refractivity contribution < 1.29 is 29.0 Å². The molecule has 9 heteroatoms. The number of allylic oxidation sites excluding steroid dienone is 1. The predicted octanol–water partition coefficient (Wildman–Crippen LogP) is 5.50. The number of nitrogens with one attached hydrogen (secondary N) is 2. The van der Waals surface area contributed by atoms with E-state index in [2.05, 4.69) is 10.6 Å². The van der Waals surface area contributed by atoms with E-state index >= 15 is 0 Å². The zero-order chi connectivity index (χ0) is 28.0. The molecule has 0 aliphatic carbocycles. The van der Waals surface area contributed by atoms with E-state index in [1.54, 1.807) is 72.8 Å². The number of benzene rings is 3. The van der Waals surface area contributed by atoms with Crippen LogP contribution in [0.4, 0.5) is 21.9 Å². The third kappa shape index (κ3) is 9.32. The molecule has 0 bridgehead atoms. The first-order valence-electron chi connectivity index (χ1n) is 12.6. The standard InChI is InChI=1S/C30H33N3O6/c1-21(35)22-15-17-23(18-16-22)32-30(37)39-28(24-9-5-8-12-27(24)38-20-19-34)13-3-2-4-14-29(36)33-26-11-7-6-10-25(26)31/h4-12,14-18,28,34H,2-3,13,19-20,31H2,1H3,(H,32,37)(H,33,36)/b14-4+/t28-/m0/s1. The molecule has 0 heterocycles. The Kier molecular flexibility index (Phi) is 11.1. The normalized spacial score (nSPS) is 11.5. The molecule has 2 amide bonds. The van der Waals surface area contributed by atoms with Gasteiger partial charge in [0.05, 0.1) is 18.0 Å². The molecule has 0 fully saturated rings. The van der Waals surface area contributed by atoms with Gasteiger partial charge in [0.25, 0.3) is 0 Å². The Balaban J connectivity index is 1.63. The van der Waals surface area contributed by atoms with Crippen LogP contribution in [0.25, 0.3) is 0 Å². The molecule has 0 aliphatic rings. The molecule has 0 aromatic heterocycles. The molecule has 3 aromatic rings. The number of para-hydroxylation sites is 3. The van der Waals surface area contributed by atoms with Gasteiger partial charge in [-0.2, -0.15) is 0 Å². The van der Waals surface area contributed by atoms with E-state index in [9.17, 15) is 19.5 Å². The number of anilines is 3. The number of carbonyl (C=O) groups is 3. The largest absolute Gasteiger partial charge is 0.491 e. The number of hydrogen-bond donors (Lipinski definition) is 4. The Hall–Kier alpha value is -4.63. The first kappa shape index (κ1) is 28.9. The summed E-state index contributed by atoms with van der Waals surface area (Å²) in [6, 6.07) is 20.7. The Labute approximate surface area is 227 Å². The van der Waals surface area contributed by atoms with E-state index in [1.807, 2.05) is 6.07 Å². The van der Waals surface area contributed by atoms with Crippen molar-refractivity contribution in [3.05, 3.63) is 96.1 Å². The highest BCUT2D eigenvalue weighted by Gasteiger charge is 2.21.